The molecule has 0 fully saturated rings. The summed E-state index contributed by atoms with van der Waals surface area (Å²) in [5.41, 5.74) is 1.33. The third-order valence-electron chi connectivity index (χ3n) is 3.47. The van der Waals surface area contributed by atoms with E-state index in [2.05, 4.69) is 19.2 Å². The van der Waals surface area contributed by atoms with Gasteiger partial charge in [0.1, 0.15) is 5.56 Å². The van der Waals surface area contributed by atoms with Crippen LogP contribution in [0.1, 0.15) is 42.4 Å². The first-order valence-corrected chi connectivity index (χ1v) is 6.43. The molecule has 0 aliphatic carbocycles. The Kier molecular flexibility index (Phi) is 3.95. The molecule has 0 bridgehead atoms. The first-order chi connectivity index (χ1) is 9.12. The van der Waals surface area contributed by atoms with Gasteiger partial charge in [0.2, 0.25) is 0 Å². The Morgan fingerprint density at radius 2 is 2.11 bits per heavy atom. The third-order valence-corrected chi connectivity index (χ3v) is 3.47. The largest absolute Gasteiger partial charge is 0.493 e. The molecule has 5 nitrogen and oxygen atoms in total. The molecule has 1 aromatic carbocycles. The molecule has 0 saturated heterocycles. The average molecular weight is 266 g/mol. The van der Waals surface area contributed by atoms with Gasteiger partial charge in [-0.15, -0.1) is 0 Å². The topological polar surface area (TPSA) is 61.4 Å². The van der Waals surface area contributed by atoms with E-state index >= 15 is 0 Å². The van der Waals surface area contributed by atoms with Gasteiger partial charge in [-0.3, -0.25) is 0 Å². The lowest BCUT2D eigenvalue weighted by molar-refractivity contribution is -0.754. The fourth-order valence-corrected chi connectivity index (χ4v) is 2.20. The number of fused-ring (bicyclic) bond motifs is 1. The zero-order chi connectivity index (χ0) is 14.0. The Morgan fingerprint density at radius 3 is 2.68 bits per heavy atom. The minimum atomic E-state index is -0.352. The number of esters is 1. The Labute approximate surface area is 112 Å². The minimum absolute atomic E-state index is 0.294. The first kappa shape index (κ1) is 13.7. The summed E-state index contributed by atoms with van der Waals surface area (Å²) in [7, 11) is 3.07. The van der Waals surface area contributed by atoms with Crippen molar-refractivity contribution < 1.29 is 24.3 Å². The molecule has 1 aliphatic rings. The molecule has 0 saturated carbocycles. The molecule has 5 heteroatoms. The molecular weight excluding hydrogens is 246 g/mol. The van der Waals surface area contributed by atoms with Crippen molar-refractivity contribution in [3.05, 3.63) is 23.3 Å². The van der Waals surface area contributed by atoms with E-state index < -0.39 is 0 Å². The highest BCUT2D eigenvalue weighted by Gasteiger charge is 2.38. The van der Waals surface area contributed by atoms with Crippen LogP contribution in [0.15, 0.2) is 12.1 Å². The number of methoxy groups -OCH3 is 2. The lowest BCUT2D eigenvalue weighted by Gasteiger charge is -2.14. The number of carbonyl (C=O) groups excluding carboxylic acids is 1. The number of benzene rings is 1. The van der Waals surface area contributed by atoms with Crippen LogP contribution in [0.3, 0.4) is 0 Å². The van der Waals surface area contributed by atoms with Gasteiger partial charge < -0.3 is 19.5 Å². The Balaban J connectivity index is 2.40. The zero-order valence-electron chi connectivity index (χ0n) is 11.7. The highest BCUT2D eigenvalue weighted by Crippen LogP contribution is 2.39. The summed E-state index contributed by atoms with van der Waals surface area (Å²) < 4.78 is 15.9. The van der Waals surface area contributed by atoms with Crippen molar-refractivity contribution in [2.45, 2.75) is 32.5 Å². The van der Waals surface area contributed by atoms with Gasteiger partial charge in [-0.2, -0.15) is 0 Å². The summed E-state index contributed by atoms with van der Waals surface area (Å²) >= 11 is 0. The van der Waals surface area contributed by atoms with Gasteiger partial charge in [-0.1, -0.05) is 6.92 Å². The lowest BCUT2D eigenvalue weighted by Crippen LogP contribution is -2.90. The summed E-state index contributed by atoms with van der Waals surface area (Å²) in [4.78, 5) is 12.0. The molecular formula is C14H20NO4+. The summed E-state index contributed by atoms with van der Waals surface area (Å²) in [6.07, 6.45) is 0.716. The molecule has 0 amide bonds. The van der Waals surface area contributed by atoms with Crippen LogP contribution >= 0.6 is 0 Å². The maximum Gasteiger partial charge on any atom is 0.347 e. The summed E-state index contributed by atoms with van der Waals surface area (Å²) in [6.45, 7) is 4.21. The van der Waals surface area contributed by atoms with E-state index in [1.165, 1.54) is 7.11 Å². The summed E-state index contributed by atoms with van der Waals surface area (Å²) in [5.74, 6) is 0.641. The van der Waals surface area contributed by atoms with E-state index in [1.54, 1.807) is 13.2 Å². The van der Waals surface area contributed by atoms with Gasteiger partial charge in [-0.05, 0) is 25.5 Å². The predicted octanol–water partition coefficient (Wildman–Crippen LogP) is 1.23. The molecule has 104 valence electrons. The molecule has 19 heavy (non-hydrogen) atoms. The van der Waals surface area contributed by atoms with Gasteiger partial charge in [0.15, 0.2) is 11.5 Å². The van der Waals surface area contributed by atoms with Crippen LogP contribution in [0.2, 0.25) is 0 Å². The number of hydrogen-bond acceptors (Lipinski definition) is 4. The van der Waals surface area contributed by atoms with Crippen molar-refractivity contribution in [2.24, 2.45) is 0 Å². The highest BCUT2D eigenvalue weighted by atomic mass is 16.6. The summed E-state index contributed by atoms with van der Waals surface area (Å²) in [6, 6.07) is 4.05. The maximum absolute atomic E-state index is 12.0. The van der Waals surface area contributed by atoms with Crippen LogP contribution in [0.4, 0.5) is 0 Å². The SMILES string of the molecule is CC[C@@H](C)[NH2+][C@@H]1OC(=O)c2c1ccc(OC)c2OC. The second-order valence-corrected chi connectivity index (χ2v) is 4.67. The number of ether oxygens (including phenoxy) is 3. The standard InChI is InChI=1S/C14H19NO4/c1-5-8(2)15-13-9-6-7-10(17-3)12(18-4)11(9)14(16)19-13/h6-8,13,15H,5H2,1-4H3/p+1/t8-,13-/m1/s1. The maximum atomic E-state index is 12.0. The van der Waals surface area contributed by atoms with E-state index in [4.69, 9.17) is 14.2 Å². The molecule has 1 aromatic rings. The van der Waals surface area contributed by atoms with Gasteiger partial charge in [0.25, 0.3) is 6.23 Å². The second-order valence-electron chi connectivity index (χ2n) is 4.67. The van der Waals surface area contributed by atoms with E-state index in [0.29, 0.717) is 23.1 Å². The fourth-order valence-electron chi connectivity index (χ4n) is 2.20. The molecule has 2 rings (SSSR count). The van der Waals surface area contributed by atoms with E-state index in [0.717, 1.165) is 12.0 Å². The molecule has 2 atom stereocenters. The zero-order valence-corrected chi connectivity index (χ0v) is 11.7. The fraction of sp³-hybridized carbons (Fsp3) is 0.500. The van der Waals surface area contributed by atoms with Crippen molar-refractivity contribution in [3.63, 3.8) is 0 Å². The van der Waals surface area contributed by atoms with E-state index in [-0.39, 0.29) is 12.2 Å². The van der Waals surface area contributed by atoms with Crippen LogP contribution in [0.5, 0.6) is 11.5 Å². The van der Waals surface area contributed by atoms with E-state index in [9.17, 15) is 4.79 Å². The molecule has 0 aromatic heterocycles. The third kappa shape index (κ3) is 2.38. The lowest BCUT2D eigenvalue weighted by atomic mass is 10.1. The average Bonchev–Trinajstić information content (AvgIpc) is 2.74. The molecule has 0 unspecified atom stereocenters. The van der Waals surface area contributed by atoms with Crippen LogP contribution in [0, 0.1) is 0 Å². The number of cyclic esters (lactones) is 1. The van der Waals surface area contributed by atoms with Gasteiger partial charge >= 0.3 is 5.97 Å². The molecule has 0 radical (unpaired) electrons. The van der Waals surface area contributed by atoms with Gasteiger partial charge in [0, 0.05) is 0 Å². The Hall–Kier alpha value is -1.75. The van der Waals surface area contributed by atoms with Crippen molar-refractivity contribution >= 4 is 5.97 Å². The molecule has 0 spiro atoms. The van der Waals surface area contributed by atoms with E-state index in [1.807, 2.05) is 6.07 Å². The second kappa shape index (κ2) is 5.48. The highest BCUT2D eigenvalue weighted by molar-refractivity contribution is 5.97. The monoisotopic (exact) mass is 266 g/mol. The first-order valence-electron chi connectivity index (χ1n) is 6.43. The molecule has 1 heterocycles. The van der Waals surface area contributed by atoms with Crippen molar-refractivity contribution in [3.8, 4) is 11.5 Å². The minimum Gasteiger partial charge on any atom is -0.493 e. The van der Waals surface area contributed by atoms with Gasteiger partial charge in [0.05, 0.1) is 25.8 Å². The number of hydrogen-bond donors (Lipinski definition) is 1. The normalized spacial score (nSPS) is 18.7. The van der Waals surface area contributed by atoms with Crippen LogP contribution < -0.4 is 14.8 Å². The smallest absolute Gasteiger partial charge is 0.347 e. The van der Waals surface area contributed by atoms with Crippen LogP contribution in [0.25, 0.3) is 0 Å². The summed E-state index contributed by atoms with van der Waals surface area (Å²) in [5, 5.41) is 2.05. The molecule has 2 N–H and O–H groups in total. The van der Waals surface area contributed by atoms with Crippen molar-refractivity contribution in [1.29, 1.82) is 0 Å². The Bertz CT molecular complexity index is 487. The number of carbonyl (C=O) groups is 1. The van der Waals surface area contributed by atoms with Crippen molar-refractivity contribution in [2.75, 3.05) is 14.2 Å². The number of nitrogens with two attached hydrogens (primary N) is 1. The molecule has 1 aliphatic heterocycles. The van der Waals surface area contributed by atoms with Crippen LogP contribution in [-0.2, 0) is 4.74 Å². The predicted molar refractivity (Wildman–Crippen MR) is 69.4 cm³/mol. The number of rotatable bonds is 5. The quantitative estimate of drug-likeness (QED) is 0.814. The Morgan fingerprint density at radius 1 is 1.37 bits per heavy atom. The van der Waals surface area contributed by atoms with Gasteiger partial charge in [-0.25, -0.2) is 4.79 Å². The van der Waals surface area contributed by atoms with Crippen LogP contribution in [-0.4, -0.2) is 26.2 Å². The van der Waals surface area contributed by atoms with Crippen molar-refractivity contribution in [1.82, 2.24) is 0 Å². The number of quaternary nitrogens is 1.